The average molecular weight is 1020 g/mol. The third-order valence-corrected chi connectivity index (χ3v) is 14.8. The van der Waals surface area contributed by atoms with Crippen LogP contribution >= 0.6 is 0 Å². The predicted octanol–water partition coefficient (Wildman–Crippen LogP) is 7.58. The average Bonchev–Trinajstić information content (AvgIpc) is 4.02. The Hall–Kier alpha value is -7.04. The van der Waals surface area contributed by atoms with E-state index in [0.29, 0.717) is 18.5 Å². The summed E-state index contributed by atoms with van der Waals surface area (Å²) in [7, 11) is 3.11. The molecular weight excluding hydrogens is 949 g/mol. The topological polar surface area (TPSA) is 184 Å². The highest BCUT2D eigenvalue weighted by Gasteiger charge is 2.46. The Labute approximate surface area is 440 Å². The summed E-state index contributed by atoms with van der Waals surface area (Å²) in [5.74, 6) is -1.45. The van der Waals surface area contributed by atoms with Crippen LogP contribution in [0.4, 0.5) is 9.59 Å². The number of fused-ring (bicyclic) bond motifs is 3. The Morgan fingerprint density at radius 3 is 2.24 bits per heavy atom. The number of likely N-dealkylation sites (N-methyl/N-ethyl adjacent to an activating group) is 1. The Balaban J connectivity index is 1.03. The van der Waals surface area contributed by atoms with Gasteiger partial charge in [0.2, 0.25) is 23.6 Å². The first-order chi connectivity index (χ1) is 35.7. The van der Waals surface area contributed by atoms with Gasteiger partial charge in [0.1, 0.15) is 23.7 Å². The summed E-state index contributed by atoms with van der Waals surface area (Å²) in [4.78, 5) is 90.1. The summed E-state index contributed by atoms with van der Waals surface area (Å²) >= 11 is 0. The summed E-state index contributed by atoms with van der Waals surface area (Å²) in [5, 5.41) is 13.6. The molecule has 1 unspecified atom stereocenters. The van der Waals surface area contributed by atoms with Crippen molar-refractivity contribution in [1.82, 2.24) is 40.5 Å². The molecule has 5 aromatic rings. The number of carbonyl (C=O) groups excluding carboxylic acids is 6. The van der Waals surface area contributed by atoms with Gasteiger partial charge in [0, 0.05) is 45.4 Å². The van der Waals surface area contributed by atoms with Gasteiger partial charge in [-0.3, -0.25) is 28.6 Å². The Kier molecular flexibility index (Phi) is 16.5. The molecule has 3 aliphatic rings. The number of hydrogen-bond acceptors (Lipinski definition) is 9. The van der Waals surface area contributed by atoms with Crippen LogP contribution < -0.4 is 21.3 Å². The molecule has 4 aromatic carbocycles. The first-order valence-corrected chi connectivity index (χ1v) is 26.2. The van der Waals surface area contributed by atoms with Crippen LogP contribution in [0.1, 0.15) is 113 Å². The van der Waals surface area contributed by atoms with E-state index in [0.717, 1.165) is 46.9 Å². The van der Waals surface area contributed by atoms with Gasteiger partial charge in [0.25, 0.3) is 0 Å². The Morgan fingerprint density at radius 2 is 1.53 bits per heavy atom. The van der Waals surface area contributed by atoms with E-state index in [4.69, 9.17) is 9.47 Å². The standard InChI is InChI=1S/C59H74N8O8/c1-37(64(8)57(73)75-59(5,6)7)52(68)63-51(58(2,3)4)55(71)67-35-44(32-49(67)53(69)62-46-25-17-23-39-18-15-16-24-45(39)46)61-56(72)65-29-28-42-30-38(26-27-48(42)65)34-66(50(36-74-9)40-19-11-10-12-20-40)54(70)47-31-41-21-13-14-22-43(41)33-60-47/h10-16,18-22,24,26-30,37,44,46-47,49-51,60H,17,23,25,31-36H2,1-9H3,(H,61,72)(H,62,69)(H,63,68)/t37-,44-,46+,47-,49-,50?,51+/m0/s1. The molecule has 0 saturated carbocycles. The highest BCUT2D eigenvalue weighted by Crippen LogP contribution is 2.33. The van der Waals surface area contributed by atoms with Crippen molar-refractivity contribution in [2.75, 3.05) is 27.3 Å². The van der Waals surface area contributed by atoms with E-state index in [1.165, 1.54) is 32.5 Å². The van der Waals surface area contributed by atoms with E-state index in [9.17, 15) is 24.0 Å². The molecule has 3 heterocycles. The number of nitrogens with zero attached hydrogens (tertiary/aromatic N) is 4. The maximum absolute atomic E-state index is 15.0. The van der Waals surface area contributed by atoms with Crippen LogP contribution in [0.15, 0.2) is 109 Å². The fourth-order valence-corrected chi connectivity index (χ4v) is 10.6. The van der Waals surface area contributed by atoms with Crippen LogP contribution in [0.5, 0.6) is 0 Å². The quantitative estimate of drug-likeness (QED) is 0.0872. The van der Waals surface area contributed by atoms with E-state index in [1.807, 2.05) is 111 Å². The van der Waals surface area contributed by atoms with Crippen LogP contribution in [0.3, 0.4) is 0 Å². The van der Waals surface area contributed by atoms with Crippen molar-refractivity contribution in [1.29, 1.82) is 0 Å². The van der Waals surface area contributed by atoms with Crippen molar-refractivity contribution in [3.8, 4) is 0 Å². The highest BCUT2D eigenvalue weighted by atomic mass is 16.6. The summed E-state index contributed by atoms with van der Waals surface area (Å²) in [6, 6.07) is 28.5. The fourth-order valence-electron chi connectivity index (χ4n) is 10.6. The van der Waals surface area contributed by atoms with Gasteiger partial charge < -0.3 is 40.5 Å². The minimum absolute atomic E-state index is 0.00155. The lowest BCUT2D eigenvalue weighted by Gasteiger charge is -2.37. The number of ether oxygens (including phenoxy) is 2. The second-order valence-electron chi connectivity index (χ2n) is 22.4. The highest BCUT2D eigenvalue weighted by molar-refractivity contribution is 5.96. The summed E-state index contributed by atoms with van der Waals surface area (Å²) in [6.07, 6.45) is 4.22. The lowest BCUT2D eigenvalue weighted by Crippen LogP contribution is -2.60. The molecule has 2 aliphatic heterocycles. The molecule has 75 heavy (non-hydrogen) atoms. The molecule has 398 valence electrons. The maximum Gasteiger partial charge on any atom is 0.410 e. The van der Waals surface area contributed by atoms with Crippen molar-refractivity contribution in [2.24, 2.45) is 5.41 Å². The zero-order valence-electron chi connectivity index (χ0n) is 44.9. The number of aromatic nitrogens is 1. The van der Waals surface area contributed by atoms with Crippen LogP contribution in [-0.4, -0.2) is 118 Å². The minimum Gasteiger partial charge on any atom is -0.444 e. The van der Waals surface area contributed by atoms with Crippen LogP contribution in [0, 0.1) is 5.41 Å². The number of nitrogens with one attached hydrogen (secondary N) is 4. The van der Waals surface area contributed by atoms with Gasteiger partial charge in [-0.15, -0.1) is 0 Å². The molecule has 8 rings (SSSR count). The second kappa shape index (κ2) is 22.8. The van der Waals surface area contributed by atoms with E-state index in [2.05, 4.69) is 39.5 Å². The Morgan fingerprint density at radius 1 is 0.840 bits per heavy atom. The number of carbonyl (C=O) groups is 6. The van der Waals surface area contributed by atoms with Crippen molar-refractivity contribution in [3.63, 3.8) is 0 Å². The normalized spacial score (nSPS) is 19.7. The van der Waals surface area contributed by atoms with E-state index < -0.39 is 65.2 Å². The monoisotopic (exact) mass is 1020 g/mol. The molecule has 0 radical (unpaired) electrons. The van der Waals surface area contributed by atoms with Gasteiger partial charge in [0.15, 0.2) is 0 Å². The van der Waals surface area contributed by atoms with Crippen molar-refractivity contribution >= 4 is 46.7 Å². The first kappa shape index (κ1) is 54.2. The largest absolute Gasteiger partial charge is 0.444 e. The number of aryl methyl sites for hydroxylation is 1. The predicted molar refractivity (Wildman–Crippen MR) is 287 cm³/mol. The molecule has 4 N–H and O–H groups in total. The fraction of sp³-hybridized carbons (Fsp3) is 0.458. The molecule has 1 saturated heterocycles. The molecule has 6 amide bonds. The smallest absolute Gasteiger partial charge is 0.410 e. The second-order valence-corrected chi connectivity index (χ2v) is 22.4. The summed E-state index contributed by atoms with van der Waals surface area (Å²) < 4.78 is 12.8. The van der Waals surface area contributed by atoms with Gasteiger partial charge in [0.05, 0.1) is 36.3 Å². The number of amides is 6. The minimum atomic E-state index is -1.11. The zero-order valence-corrected chi connectivity index (χ0v) is 44.9. The zero-order chi connectivity index (χ0) is 53.8. The SMILES string of the molecule is COCC(c1ccccc1)N(Cc1ccc2c(ccn2C(=O)N[C@H]2C[C@@H](C(=O)N[C@@H]3CCCc4ccccc43)N(C(=O)[C@@H](NC(=O)[C@H](C)N(C)C(=O)OC(C)(C)C)C(C)(C)C)C2)c1)C(=O)[C@@H]1Cc2ccccc2CN1. The van der Waals surface area contributed by atoms with Crippen LogP contribution in [0.25, 0.3) is 10.9 Å². The number of benzene rings is 4. The van der Waals surface area contributed by atoms with Gasteiger partial charge in [-0.2, -0.15) is 0 Å². The summed E-state index contributed by atoms with van der Waals surface area (Å²) in [5.41, 5.74) is 5.38. The lowest BCUT2D eigenvalue weighted by molar-refractivity contribution is -0.144. The molecular formula is C59H74N8O8. The number of rotatable bonds is 14. The van der Waals surface area contributed by atoms with Crippen molar-refractivity contribution in [2.45, 2.75) is 142 Å². The van der Waals surface area contributed by atoms with Crippen LogP contribution in [-0.2, 0) is 54.6 Å². The Bertz CT molecular complexity index is 2890. The third-order valence-electron chi connectivity index (χ3n) is 14.8. The van der Waals surface area contributed by atoms with Gasteiger partial charge in [-0.05, 0) is 117 Å². The molecule has 1 fully saturated rings. The molecule has 16 nitrogen and oxygen atoms in total. The van der Waals surface area contributed by atoms with E-state index >= 15 is 4.79 Å². The molecule has 1 aliphatic carbocycles. The number of methoxy groups -OCH3 is 1. The number of likely N-dealkylation sites (tertiary alicyclic amines) is 1. The molecule has 0 spiro atoms. The third kappa shape index (κ3) is 12.6. The maximum atomic E-state index is 15.0. The van der Waals surface area contributed by atoms with Crippen molar-refractivity contribution < 1.29 is 38.2 Å². The van der Waals surface area contributed by atoms with Gasteiger partial charge >= 0.3 is 12.1 Å². The molecule has 0 bridgehead atoms. The van der Waals surface area contributed by atoms with Crippen LogP contribution in [0.2, 0.25) is 0 Å². The van der Waals surface area contributed by atoms with E-state index in [-0.39, 0.29) is 50.0 Å². The molecule has 16 heteroatoms. The number of hydrogen-bond donors (Lipinski definition) is 4. The van der Waals surface area contributed by atoms with Gasteiger partial charge in [-0.1, -0.05) is 106 Å². The van der Waals surface area contributed by atoms with Gasteiger partial charge in [-0.25, -0.2) is 9.59 Å². The molecule has 7 atom stereocenters. The summed E-state index contributed by atoms with van der Waals surface area (Å²) in [6.45, 7) is 13.4. The molecule has 1 aromatic heterocycles. The lowest BCUT2D eigenvalue weighted by atomic mass is 9.85. The first-order valence-electron chi connectivity index (χ1n) is 26.2. The van der Waals surface area contributed by atoms with E-state index in [1.54, 1.807) is 41.0 Å². The van der Waals surface area contributed by atoms with Crippen molar-refractivity contribution in [3.05, 3.63) is 143 Å².